The monoisotopic (exact) mass is 258 g/mol. The molecule has 0 amide bonds. The number of hydrogen-bond acceptors (Lipinski definition) is 5. The fourth-order valence-corrected chi connectivity index (χ4v) is 3.50. The summed E-state index contributed by atoms with van der Waals surface area (Å²) in [5, 5.41) is 3.05. The minimum Gasteiger partial charge on any atom is -0.445 e. The summed E-state index contributed by atoms with van der Waals surface area (Å²) < 4.78 is 28.3. The van der Waals surface area contributed by atoms with Crippen molar-refractivity contribution in [1.29, 1.82) is 0 Å². The van der Waals surface area contributed by atoms with E-state index in [1.807, 2.05) is 7.05 Å². The molecular formula is C11H18N2O3S. The molecule has 96 valence electrons. The van der Waals surface area contributed by atoms with E-state index < -0.39 is 9.84 Å². The van der Waals surface area contributed by atoms with Gasteiger partial charge in [-0.3, -0.25) is 0 Å². The van der Waals surface area contributed by atoms with E-state index in [0.29, 0.717) is 18.7 Å². The van der Waals surface area contributed by atoms with E-state index in [2.05, 4.69) is 10.3 Å². The number of nitrogens with zero attached hydrogens (tertiary/aromatic N) is 1. The van der Waals surface area contributed by atoms with Gasteiger partial charge < -0.3 is 9.73 Å². The first-order chi connectivity index (χ1) is 8.11. The zero-order chi connectivity index (χ0) is 12.3. The van der Waals surface area contributed by atoms with Gasteiger partial charge in [-0.25, -0.2) is 13.4 Å². The number of nitrogens with one attached hydrogen (secondary N) is 1. The molecule has 1 saturated heterocycles. The average molecular weight is 258 g/mol. The van der Waals surface area contributed by atoms with Gasteiger partial charge in [-0.1, -0.05) is 0 Å². The zero-order valence-corrected chi connectivity index (χ0v) is 10.8. The van der Waals surface area contributed by atoms with Gasteiger partial charge >= 0.3 is 0 Å². The maximum Gasteiger partial charge on any atom is 0.197 e. The standard InChI is InChI=1S/C11H18N2O3S/c1-12-5-2-10-8-13-11(16-10)9-3-6-17(14,15)7-4-9/h8-9,12H,2-7H2,1H3. The summed E-state index contributed by atoms with van der Waals surface area (Å²) in [4.78, 5) is 4.25. The highest BCUT2D eigenvalue weighted by atomic mass is 32.2. The van der Waals surface area contributed by atoms with Crippen molar-refractivity contribution in [3.05, 3.63) is 17.8 Å². The lowest BCUT2D eigenvalue weighted by atomic mass is 10.0. The molecule has 6 heteroatoms. The maximum absolute atomic E-state index is 11.3. The Bertz CT molecular complexity index is 453. The first-order valence-electron chi connectivity index (χ1n) is 5.90. The summed E-state index contributed by atoms with van der Waals surface area (Å²) in [6.07, 6.45) is 3.83. The van der Waals surface area contributed by atoms with Crippen LogP contribution in [0.4, 0.5) is 0 Å². The van der Waals surface area contributed by atoms with E-state index >= 15 is 0 Å². The Hall–Kier alpha value is -0.880. The van der Waals surface area contributed by atoms with Crippen LogP contribution >= 0.6 is 0 Å². The fourth-order valence-electron chi connectivity index (χ4n) is 2.01. The molecule has 0 radical (unpaired) electrons. The van der Waals surface area contributed by atoms with Crippen molar-refractivity contribution >= 4 is 9.84 Å². The summed E-state index contributed by atoms with van der Waals surface area (Å²) >= 11 is 0. The van der Waals surface area contributed by atoms with Gasteiger partial charge in [0, 0.05) is 18.9 Å². The van der Waals surface area contributed by atoms with Crippen LogP contribution in [0.15, 0.2) is 10.6 Å². The average Bonchev–Trinajstić information content (AvgIpc) is 2.75. The molecule has 0 atom stereocenters. The Balaban J connectivity index is 1.96. The van der Waals surface area contributed by atoms with Crippen molar-refractivity contribution in [2.45, 2.75) is 25.2 Å². The van der Waals surface area contributed by atoms with Gasteiger partial charge in [0.2, 0.25) is 0 Å². The summed E-state index contributed by atoms with van der Waals surface area (Å²) in [5.41, 5.74) is 0. The topological polar surface area (TPSA) is 72.2 Å². The Kier molecular flexibility index (Phi) is 3.83. The first-order valence-corrected chi connectivity index (χ1v) is 7.72. The second kappa shape index (κ2) is 5.18. The van der Waals surface area contributed by atoms with Crippen LogP contribution in [0.1, 0.15) is 30.4 Å². The molecule has 1 aromatic heterocycles. The predicted octanol–water partition coefficient (Wildman–Crippen LogP) is 0.729. The minimum atomic E-state index is -2.81. The van der Waals surface area contributed by atoms with Crippen molar-refractivity contribution in [3.63, 3.8) is 0 Å². The Morgan fingerprint density at radius 3 is 2.82 bits per heavy atom. The third-order valence-electron chi connectivity index (χ3n) is 3.10. The molecule has 0 aromatic carbocycles. The number of sulfone groups is 1. The van der Waals surface area contributed by atoms with Crippen LogP contribution in [0.25, 0.3) is 0 Å². The minimum absolute atomic E-state index is 0.168. The molecular weight excluding hydrogens is 240 g/mol. The van der Waals surface area contributed by atoms with E-state index in [0.717, 1.165) is 18.7 Å². The van der Waals surface area contributed by atoms with E-state index in [1.165, 1.54) is 0 Å². The third-order valence-corrected chi connectivity index (χ3v) is 4.81. The van der Waals surface area contributed by atoms with Crippen LogP contribution in [-0.4, -0.2) is 38.5 Å². The molecule has 5 nitrogen and oxygen atoms in total. The van der Waals surface area contributed by atoms with E-state index in [9.17, 15) is 8.42 Å². The molecule has 0 saturated carbocycles. The quantitative estimate of drug-likeness (QED) is 0.862. The third kappa shape index (κ3) is 3.29. The summed E-state index contributed by atoms with van der Waals surface area (Å²) in [6.45, 7) is 0.855. The van der Waals surface area contributed by atoms with Crippen LogP contribution in [0, 0.1) is 0 Å². The normalized spacial score (nSPS) is 20.5. The second-order valence-corrected chi connectivity index (χ2v) is 6.75. The zero-order valence-electron chi connectivity index (χ0n) is 9.98. The van der Waals surface area contributed by atoms with Crippen LogP contribution in [0.3, 0.4) is 0 Å². The molecule has 2 rings (SSSR count). The Labute approximate surface area is 102 Å². The highest BCUT2D eigenvalue weighted by Crippen LogP contribution is 2.28. The number of likely N-dealkylation sites (N-methyl/N-ethyl adjacent to an activating group) is 1. The van der Waals surface area contributed by atoms with Gasteiger partial charge in [0.05, 0.1) is 17.7 Å². The van der Waals surface area contributed by atoms with Crippen LogP contribution in [0.5, 0.6) is 0 Å². The lowest BCUT2D eigenvalue weighted by molar-refractivity contribution is 0.399. The van der Waals surface area contributed by atoms with Gasteiger partial charge in [0.25, 0.3) is 0 Å². The van der Waals surface area contributed by atoms with Crippen LogP contribution in [0.2, 0.25) is 0 Å². The van der Waals surface area contributed by atoms with E-state index in [4.69, 9.17) is 4.42 Å². The molecule has 0 bridgehead atoms. The Morgan fingerprint density at radius 1 is 1.47 bits per heavy atom. The smallest absolute Gasteiger partial charge is 0.197 e. The lowest BCUT2D eigenvalue weighted by Crippen LogP contribution is -2.22. The molecule has 1 aliphatic heterocycles. The van der Waals surface area contributed by atoms with Crippen molar-refractivity contribution in [3.8, 4) is 0 Å². The largest absolute Gasteiger partial charge is 0.445 e. The molecule has 2 heterocycles. The molecule has 0 unspecified atom stereocenters. The summed E-state index contributed by atoms with van der Waals surface area (Å²) in [5.74, 6) is 2.24. The molecule has 1 fully saturated rings. The molecule has 0 aliphatic carbocycles. The van der Waals surface area contributed by atoms with Gasteiger partial charge in [-0.05, 0) is 19.9 Å². The molecule has 1 aliphatic rings. The van der Waals surface area contributed by atoms with Gasteiger partial charge in [0.1, 0.15) is 15.6 Å². The summed E-state index contributed by atoms with van der Waals surface area (Å²) in [7, 11) is -0.918. The van der Waals surface area contributed by atoms with Gasteiger partial charge in [-0.15, -0.1) is 0 Å². The molecule has 1 aromatic rings. The number of hydrogen-bond donors (Lipinski definition) is 1. The molecule has 0 spiro atoms. The van der Waals surface area contributed by atoms with Crippen LogP contribution in [-0.2, 0) is 16.3 Å². The first kappa shape index (κ1) is 12.6. The number of aromatic nitrogens is 1. The van der Waals surface area contributed by atoms with E-state index in [-0.39, 0.29) is 17.4 Å². The van der Waals surface area contributed by atoms with Crippen molar-refractivity contribution < 1.29 is 12.8 Å². The van der Waals surface area contributed by atoms with Gasteiger partial charge in [-0.2, -0.15) is 0 Å². The number of rotatable bonds is 4. The fraction of sp³-hybridized carbons (Fsp3) is 0.727. The molecule has 1 N–H and O–H groups in total. The van der Waals surface area contributed by atoms with Gasteiger partial charge in [0.15, 0.2) is 5.89 Å². The SMILES string of the molecule is CNCCc1cnc(C2CCS(=O)(=O)CC2)o1. The molecule has 17 heavy (non-hydrogen) atoms. The van der Waals surface area contributed by atoms with Crippen molar-refractivity contribution in [2.75, 3.05) is 25.1 Å². The maximum atomic E-state index is 11.3. The predicted molar refractivity (Wildman–Crippen MR) is 64.8 cm³/mol. The second-order valence-electron chi connectivity index (χ2n) is 4.44. The highest BCUT2D eigenvalue weighted by Gasteiger charge is 2.27. The summed E-state index contributed by atoms with van der Waals surface area (Å²) in [6, 6.07) is 0. The number of oxazole rings is 1. The van der Waals surface area contributed by atoms with Crippen LogP contribution < -0.4 is 5.32 Å². The lowest BCUT2D eigenvalue weighted by Gasteiger charge is -2.18. The van der Waals surface area contributed by atoms with Crippen molar-refractivity contribution in [2.24, 2.45) is 0 Å². The van der Waals surface area contributed by atoms with E-state index in [1.54, 1.807) is 6.20 Å². The Morgan fingerprint density at radius 2 is 2.18 bits per heavy atom. The highest BCUT2D eigenvalue weighted by molar-refractivity contribution is 7.91. The van der Waals surface area contributed by atoms with Crippen molar-refractivity contribution in [1.82, 2.24) is 10.3 Å².